The summed E-state index contributed by atoms with van der Waals surface area (Å²) in [6.07, 6.45) is 4.79. The molecule has 2 heterocycles. The van der Waals surface area contributed by atoms with Gasteiger partial charge in [-0.2, -0.15) is 9.61 Å². The molecule has 90 valence electrons. The van der Waals surface area contributed by atoms with Crippen LogP contribution in [0.4, 0.5) is 5.82 Å². The molecule has 0 bridgehead atoms. The lowest BCUT2D eigenvalue weighted by molar-refractivity contribution is -0.117. The van der Waals surface area contributed by atoms with Gasteiger partial charge >= 0.3 is 0 Å². The van der Waals surface area contributed by atoms with Crippen LogP contribution in [-0.4, -0.2) is 26.5 Å². The Morgan fingerprint density at radius 1 is 1.53 bits per heavy atom. The molecule has 0 saturated carbocycles. The maximum atomic E-state index is 11.8. The normalized spacial score (nSPS) is 12.6. The van der Waals surface area contributed by atoms with Crippen LogP contribution in [0.25, 0.3) is 5.65 Å². The van der Waals surface area contributed by atoms with E-state index >= 15 is 0 Å². The molecule has 0 aliphatic carbocycles. The SMILES string of the molecule is CCCC(N)C(=O)Nc1ccnc2ccnn12. The number of anilines is 1. The maximum Gasteiger partial charge on any atom is 0.242 e. The first kappa shape index (κ1) is 11.5. The van der Waals surface area contributed by atoms with Crippen LogP contribution < -0.4 is 11.1 Å². The van der Waals surface area contributed by atoms with Crippen LogP contribution in [0.2, 0.25) is 0 Å². The number of rotatable bonds is 4. The highest BCUT2D eigenvalue weighted by Gasteiger charge is 2.13. The quantitative estimate of drug-likeness (QED) is 0.817. The highest BCUT2D eigenvalue weighted by molar-refractivity contribution is 5.94. The predicted molar refractivity (Wildman–Crippen MR) is 64.5 cm³/mol. The fourth-order valence-corrected chi connectivity index (χ4v) is 1.59. The maximum absolute atomic E-state index is 11.8. The van der Waals surface area contributed by atoms with Crippen LogP contribution in [0.3, 0.4) is 0 Å². The number of carbonyl (C=O) groups is 1. The van der Waals surface area contributed by atoms with Gasteiger partial charge in [-0.05, 0) is 12.5 Å². The lowest BCUT2D eigenvalue weighted by Crippen LogP contribution is -2.35. The second-order valence-electron chi connectivity index (χ2n) is 3.82. The number of amides is 1. The summed E-state index contributed by atoms with van der Waals surface area (Å²) in [5.74, 6) is 0.381. The van der Waals surface area contributed by atoms with E-state index in [2.05, 4.69) is 15.4 Å². The molecule has 1 amide bonds. The summed E-state index contributed by atoms with van der Waals surface area (Å²) in [6, 6.07) is 2.97. The van der Waals surface area contributed by atoms with Gasteiger partial charge < -0.3 is 11.1 Å². The smallest absolute Gasteiger partial charge is 0.242 e. The summed E-state index contributed by atoms with van der Waals surface area (Å²) in [6.45, 7) is 1.99. The van der Waals surface area contributed by atoms with Crippen molar-refractivity contribution >= 4 is 17.4 Å². The molecule has 0 aliphatic rings. The van der Waals surface area contributed by atoms with Gasteiger partial charge in [0.1, 0.15) is 5.82 Å². The lowest BCUT2D eigenvalue weighted by Gasteiger charge is -2.11. The zero-order valence-corrected chi connectivity index (χ0v) is 9.63. The Morgan fingerprint density at radius 2 is 2.35 bits per heavy atom. The van der Waals surface area contributed by atoms with Crippen LogP contribution in [0.1, 0.15) is 19.8 Å². The third-order valence-electron chi connectivity index (χ3n) is 2.48. The Labute approximate surface area is 98.8 Å². The summed E-state index contributed by atoms with van der Waals surface area (Å²) in [5, 5.41) is 6.83. The van der Waals surface area contributed by atoms with E-state index in [9.17, 15) is 4.79 Å². The summed E-state index contributed by atoms with van der Waals surface area (Å²) in [5.41, 5.74) is 6.42. The van der Waals surface area contributed by atoms with Gasteiger partial charge in [-0.3, -0.25) is 4.79 Å². The minimum absolute atomic E-state index is 0.199. The summed E-state index contributed by atoms with van der Waals surface area (Å²) in [7, 11) is 0. The number of nitrogens with zero attached hydrogens (tertiary/aromatic N) is 3. The molecule has 2 aromatic heterocycles. The fraction of sp³-hybridized carbons (Fsp3) is 0.364. The summed E-state index contributed by atoms with van der Waals surface area (Å²) >= 11 is 0. The Morgan fingerprint density at radius 3 is 3.12 bits per heavy atom. The Bertz CT molecular complexity index is 521. The molecule has 2 aromatic rings. The molecular formula is C11H15N5O. The molecule has 0 saturated heterocycles. The van der Waals surface area contributed by atoms with Crippen molar-refractivity contribution in [3.63, 3.8) is 0 Å². The van der Waals surface area contributed by atoms with E-state index in [0.29, 0.717) is 17.9 Å². The monoisotopic (exact) mass is 233 g/mol. The van der Waals surface area contributed by atoms with Crippen molar-refractivity contribution in [1.82, 2.24) is 14.6 Å². The average Bonchev–Trinajstić information content (AvgIpc) is 2.78. The number of nitrogens with one attached hydrogen (secondary N) is 1. The van der Waals surface area contributed by atoms with Gasteiger partial charge in [-0.25, -0.2) is 4.98 Å². The zero-order chi connectivity index (χ0) is 12.3. The van der Waals surface area contributed by atoms with E-state index < -0.39 is 6.04 Å². The van der Waals surface area contributed by atoms with Crippen LogP contribution in [0.15, 0.2) is 24.5 Å². The molecule has 1 unspecified atom stereocenters. The minimum atomic E-state index is -0.487. The van der Waals surface area contributed by atoms with Crippen molar-refractivity contribution in [3.05, 3.63) is 24.5 Å². The molecular weight excluding hydrogens is 218 g/mol. The Balaban J connectivity index is 2.18. The number of hydrogen-bond donors (Lipinski definition) is 2. The van der Waals surface area contributed by atoms with Gasteiger partial charge in [0.15, 0.2) is 5.65 Å². The molecule has 1 atom stereocenters. The molecule has 0 radical (unpaired) electrons. The van der Waals surface area contributed by atoms with Gasteiger partial charge in [-0.15, -0.1) is 0 Å². The molecule has 2 rings (SSSR count). The summed E-state index contributed by atoms with van der Waals surface area (Å²) in [4.78, 5) is 15.9. The molecule has 6 nitrogen and oxygen atoms in total. The van der Waals surface area contributed by atoms with Gasteiger partial charge in [-0.1, -0.05) is 13.3 Å². The third kappa shape index (κ3) is 2.42. The molecule has 6 heteroatoms. The van der Waals surface area contributed by atoms with Crippen molar-refractivity contribution in [3.8, 4) is 0 Å². The third-order valence-corrected chi connectivity index (χ3v) is 2.48. The zero-order valence-electron chi connectivity index (χ0n) is 9.63. The van der Waals surface area contributed by atoms with Gasteiger partial charge in [0.05, 0.1) is 12.2 Å². The van der Waals surface area contributed by atoms with Crippen molar-refractivity contribution in [2.24, 2.45) is 5.73 Å². The Hall–Kier alpha value is -1.95. The van der Waals surface area contributed by atoms with Crippen molar-refractivity contribution in [2.75, 3.05) is 5.32 Å². The van der Waals surface area contributed by atoms with Crippen LogP contribution in [0.5, 0.6) is 0 Å². The van der Waals surface area contributed by atoms with Crippen LogP contribution in [-0.2, 0) is 4.79 Å². The van der Waals surface area contributed by atoms with E-state index in [1.807, 2.05) is 6.92 Å². The second kappa shape index (κ2) is 4.92. The standard InChI is InChI=1S/C11H15N5O/c1-2-3-8(12)11(17)15-10-4-6-13-9-5-7-14-16(9)10/h4-8H,2-3,12H2,1H3,(H,15,17). The molecule has 0 spiro atoms. The minimum Gasteiger partial charge on any atom is -0.320 e. The first-order chi connectivity index (χ1) is 8.22. The predicted octanol–water partition coefficient (Wildman–Crippen LogP) is 0.795. The summed E-state index contributed by atoms with van der Waals surface area (Å²) < 4.78 is 1.57. The topological polar surface area (TPSA) is 85.3 Å². The number of carbonyl (C=O) groups excluding carboxylic acids is 1. The number of fused-ring (bicyclic) bond motifs is 1. The molecule has 3 N–H and O–H groups in total. The number of hydrogen-bond acceptors (Lipinski definition) is 4. The van der Waals surface area contributed by atoms with Crippen molar-refractivity contribution in [1.29, 1.82) is 0 Å². The van der Waals surface area contributed by atoms with E-state index in [4.69, 9.17) is 5.73 Å². The Kier molecular flexibility index (Phi) is 3.34. The van der Waals surface area contributed by atoms with Crippen LogP contribution >= 0.6 is 0 Å². The fourth-order valence-electron chi connectivity index (χ4n) is 1.59. The van der Waals surface area contributed by atoms with Gasteiger partial charge in [0, 0.05) is 12.3 Å². The molecule has 17 heavy (non-hydrogen) atoms. The molecule has 0 aliphatic heterocycles. The van der Waals surface area contributed by atoms with Crippen LogP contribution in [0, 0.1) is 0 Å². The van der Waals surface area contributed by atoms with Crippen molar-refractivity contribution < 1.29 is 4.79 Å². The highest BCUT2D eigenvalue weighted by Crippen LogP contribution is 2.09. The first-order valence-corrected chi connectivity index (χ1v) is 5.57. The average molecular weight is 233 g/mol. The van der Waals surface area contributed by atoms with Gasteiger partial charge in [0.25, 0.3) is 0 Å². The van der Waals surface area contributed by atoms with Crippen molar-refractivity contribution in [2.45, 2.75) is 25.8 Å². The van der Waals surface area contributed by atoms with E-state index in [1.54, 1.807) is 29.0 Å². The van der Waals surface area contributed by atoms with Gasteiger partial charge in [0.2, 0.25) is 5.91 Å². The largest absolute Gasteiger partial charge is 0.320 e. The molecule has 0 fully saturated rings. The lowest BCUT2D eigenvalue weighted by atomic mass is 10.2. The number of nitrogens with two attached hydrogens (primary N) is 1. The molecule has 0 aromatic carbocycles. The second-order valence-corrected chi connectivity index (χ2v) is 3.82. The first-order valence-electron chi connectivity index (χ1n) is 5.57. The van der Waals surface area contributed by atoms with E-state index in [-0.39, 0.29) is 5.91 Å². The van der Waals surface area contributed by atoms with E-state index in [0.717, 1.165) is 6.42 Å². The highest BCUT2D eigenvalue weighted by atomic mass is 16.2. The van der Waals surface area contributed by atoms with E-state index in [1.165, 1.54) is 0 Å². The number of aromatic nitrogens is 3.